The van der Waals surface area contributed by atoms with E-state index in [0.717, 1.165) is 17.5 Å². The van der Waals surface area contributed by atoms with Crippen LogP contribution in [0.2, 0.25) is 0 Å². The molecule has 1 aromatic carbocycles. The molecular weight excluding hydrogens is 252 g/mol. The highest BCUT2D eigenvalue weighted by Crippen LogP contribution is 2.21. The number of sulfonamides is 1. The van der Waals surface area contributed by atoms with Gasteiger partial charge in [-0.3, -0.25) is 4.72 Å². The van der Waals surface area contributed by atoms with Crippen LogP contribution >= 0.6 is 0 Å². The third-order valence-electron chi connectivity index (χ3n) is 2.35. The summed E-state index contributed by atoms with van der Waals surface area (Å²) in [5.41, 5.74) is 2.41. The Labute approximate surface area is 109 Å². The predicted molar refractivity (Wildman–Crippen MR) is 74.6 cm³/mol. The zero-order chi connectivity index (χ0) is 13.8. The van der Waals surface area contributed by atoms with Gasteiger partial charge < -0.3 is 10.1 Å². The molecule has 0 aliphatic heterocycles. The van der Waals surface area contributed by atoms with Gasteiger partial charge in [0, 0.05) is 18.8 Å². The number of ether oxygens (including phenoxy) is 1. The number of hydrogen-bond donors (Lipinski definition) is 2. The molecule has 0 aromatic heterocycles. The van der Waals surface area contributed by atoms with E-state index in [1.165, 1.54) is 0 Å². The number of methoxy groups -OCH3 is 1. The summed E-state index contributed by atoms with van der Waals surface area (Å²) in [6.45, 7) is 4.49. The normalized spacial score (nSPS) is 13.1. The van der Waals surface area contributed by atoms with Crippen molar-refractivity contribution in [3.05, 3.63) is 23.8 Å². The molecule has 0 amide bonds. The summed E-state index contributed by atoms with van der Waals surface area (Å²) < 4.78 is 29.8. The van der Waals surface area contributed by atoms with E-state index in [1.54, 1.807) is 13.2 Å². The van der Waals surface area contributed by atoms with Gasteiger partial charge in [0.2, 0.25) is 10.0 Å². The monoisotopic (exact) mass is 272 g/mol. The number of hydrogen-bond acceptors (Lipinski definition) is 4. The quantitative estimate of drug-likeness (QED) is 0.829. The van der Waals surface area contributed by atoms with Crippen molar-refractivity contribution in [2.75, 3.05) is 30.0 Å². The molecule has 1 aromatic rings. The van der Waals surface area contributed by atoms with E-state index in [0.29, 0.717) is 12.3 Å². The molecule has 0 saturated heterocycles. The van der Waals surface area contributed by atoms with Gasteiger partial charge in [-0.1, -0.05) is 0 Å². The Morgan fingerprint density at radius 2 is 2.06 bits per heavy atom. The third-order valence-corrected chi connectivity index (χ3v) is 2.94. The number of rotatable bonds is 6. The average molecular weight is 272 g/mol. The Hall–Kier alpha value is -1.27. The number of benzene rings is 1. The maximum absolute atomic E-state index is 11.2. The summed E-state index contributed by atoms with van der Waals surface area (Å²) in [6, 6.07) is 5.69. The van der Waals surface area contributed by atoms with Crippen molar-refractivity contribution in [2.45, 2.75) is 19.9 Å². The third kappa shape index (κ3) is 4.93. The zero-order valence-corrected chi connectivity index (χ0v) is 12.0. The van der Waals surface area contributed by atoms with Crippen molar-refractivity contribution >= 4 is 21.4 Å². The van der Waals surface area contributed by atoms with E-state index >= 15 is 0 Å². The van der Waals surface area contributed by atoms with Crippen LogP contribution in [0.15, 0.2) is 18.2 Å². The lowest BCUT2D eigenvalue weighted by molar-refractivity contribution is 0.190. The predicted octanol–water partition coefficient (Wildman–Crippen LogP) is 1.81. The van der Waals surface area contributed by atoms with Crippen LogP contribution in [0.4, 0.5) is 11.4 Å². The van der Waals surface area contributed by atoms with Gasteiger partial charge >= 0.3 is 0 Å². The second-order valence-electron chi connectivity index (χ2n) is 4.40. The van der Waals surface area contributed by atoms with Crippen LogP contribution in [-0.4, -0.2) is 34.4 Å². The zero-order valence-electron chi connectivity index (χ0n) is 11.1. The summed E-state index contributed by atoms with van der Waals surface area (Å²) in [5, 5.41) is 3.27. The van der Waals surface area contributed by atoms with Crippen molar-refractivity contribution in [2.24, 2.45) is 0 Å². The fraction of sp³-hybridized carbons (Fsp3) is 0.500. The summed E-state index contributed by atoms with van der Waals surface area (Å²) in [4.78, 5) is 0. The minimum Gasteiger partial charge on any atom is -0.383 e. The van der Waals surface area contributed by atoms with Crippen LogP contribution in [0.25, 0.3) is 0 Å². The maximum atomic E-state index is 11.2. The topological polar surface area (TPSA) is 67.4 Å². The van der Waals surface area contributed by atoms with Crippen LogP contribution in [0, 0.1) is 6.92 Å². The number of nitrogens with one attached hydrogen (secondary N) is 2. The van der Waals surface area contributed by atoms with Crippen LogP contribution in [0.5, 0.6) is 0 Å². The first-order chi connectivity index (χ1) is 8.31. The number of anilines is 2. The van der Waals surface area contributed by atoms with Gasteiger partial charge in [-0.05, 0) is 37.6 Å². The molecule has 0 saturated carbocycles. The Kier molecular flexibility index (Phi) is 4.98. The fourth-order valence-electron chi connectivity index (χ4n) is 1.64. The molecule has 0 spiro atoms. The van der Waals surface area contributed by atoms with Gasteiger partial charge in [0.25, 0.3) is 0 Å². The Balaban J connectivity index is 2.79. The lowest BCUT2D eigenvalue weighted by atomic mass is 10.1. The lowest BCUT2D eigenvalue weighted by Gasteiger charge is -2.16. The smallest absolute Gasteiger partial charge is 0.229 e. The molecule has 5 nitrogen and oxygen atoms in total. The molecular formula is C12H20N2O3S. The number of aryl methyl sites for hydroxylation is 1. The van der Waals surface area contributed by atoms with Crippen molar-refractivity contribution in [3.63, 3.8) is 0 Å². The first-order valence-electron chi connectivity index (χ1n) is 5.65. The molecule has 1 atom stereocenters. The SMILES string of the molecule is COCC(C)Nc1ccc(NS(C)(=O)=O)c(C)c1. The molecule has 102 valence electrons. The summed E-state index contributed by atoms with van der Waals surface area (Å²) in [7, 11) is -1.58. The van der Waals surface area contributed by atoms with Crippen molar-refractivity contribution in [3.8, 4) is 0 Å². The summed E-state index contributed by atoms with van der Waals surface area (Å²) in [5.74, 6) is 0. The van der Waals surface area contributed by atoms with Crippen molar-refractivity contribution in [1.82, 2.24) is 0 Å². The second kappa shape index (κ2) is 6.06. The van der Waals surface area contributed by atoms with Crippen LogP contribution in [0.1, 0.15) is 12.5 Å². The van der Waals surface area contributed by atoms with Crippen molar-refractivity contribution in [1.29, 1.82) is 0 Å². The van der Waals surface area contributed by atoms with Gasteiger partial charge in [0.05, 0.1) is 18.6 Å². The molecule has 0 bridgehead atoms. The summed E-state index contributed by atoms with van der Waals surface area (Å²) in [6.07, 6.45) is 1.14. The first kappa shape index (κ1) is 14.8. The van der Waals surface area contributed by atoms with E-state index in [4.69, 9.17) is 4.74 Å². The standard InChI is InChI=1S/C12H20N2O3S/c1-9-7-11(13-10(2)8-17-3)5-6-12(9)14-18(4,15)16/h5-7,10,13-14H,8H2,1-4H3. The fourth-order valence-corrected chi connectivity index (χ4v) is 2.27. The molecule has 0 heterocycles. The van der Waals surface area contributed by atoms with Gasteiger partial charge in [0.1, 0.15) is 0 Å². The van der Waals surface area contributed by atoms with Gasteiger partial charge in [-0.15, -0.1) is 0 Å². The van der Waals surface area contributed by atoms with E-state index in [1.807, 2.05) is 26.0 Å². The molecule has 0 radical (unpaired) electrons. The molecule has 1 rings (SSSR count). The molecule has 0 aliphatic carbocycles. The van der Waals surface area contributed by atoms with Crippen LogP contribution in [-0.2, 0) is 14.8 Å². The first-order valence-corrected chi connectivity index (χ1v) is 7.55. The molecule has 0 fully saturated rings. The van der Waals surface area contributed by atoms with Crippen LogP contribution < -0.4 is 10.0 Å². The average Bonchev–Trinajstić information content (AvgIpc) is 2.21. The highest BCUT2D eigenvalue weighted by Gasteiger charge is 2.07. The van der Waals surface area contributed by atoms with Crippen LogP contribution in [0.3, 0.4) is 0 Å². The highest BCUT2D eigenvalue weighted by atomic mass is 32.2. The molecule has 2 N–H and O–H groups in total. The lowest BCUT2D eigenvalue weighted by Crippen LogP contribution is -2.20. The Morgan fingerprint density at radius 3 is 2.56 bits per heavy atom. The van der Waals surface area contributed by atoms with E-state index in [2.05, 4.69) is 10.0 Å². The summed E-state index contributed by atoms with van der Waals surface area (Å²) >= 11 is 0. The highest BCUT2D eigenvalue weighted by molar-refractivity contribution is 7.92. The Bertz CT molecular complexity index is 500. The van der Waals surface area contributed by atoms with E-state index in [-0.39, 0.29) is 6.04 Å². The van der Waals surface area contributed by atoms with Gasteiger partial charge in [-0.2, -0.15) is 0 Å². The van der Waals surface area contributed by atoms with E-state index in [9.17, 15) is 8.42 Å². The Morgan fingerprint density at radius 1 is 1.39 bits per heavy atom. The maximum Gasteiger partial charge on any atom is 0.229 e. The van der Waals surface area contributed by atoms with Gasteiger partial charge in [-0.25, -0.2) is 8.42 Å². The second-order valence-corrected chi connectivity index (χ2v) is 6.15. The minimum absolute atomic E-state index is 0.197. The van der Waals surface area contributed by atoms with Crippen molar-refractivity contribution < 1.29 is 13.2 Å². The van der Waals surface area contributed by atoms with Gasteiger partial charge in [0.15, 0.2) is 0 Å². The largest absolute Gasteiger partial charge is 0.383 e. The van der Waals surface area contributed by atoms with E-state index < -0.39 is 10.0 Å². The minimum atomic E-state index is -3.23. The molecule has 0 aliphatic rings. The molecule has 18 heavy (non-hydrogen) atoms. The molecule has 6 heteroatoms. The molecule has 1 unspecified atom stereocenters.